The molecule has 0 aliphatic carbocycles. The van der Waals surface area contributed by atoms with E-state index in [1.54, 1.807) is 36.4 Å². The Labute approximate surface area is 140 Å². The van der Waals surface area contributed by atoms with Crippen LogP contribution in [0.4, 0.5) is 0 Å². The average Bonchev–Trinajstić information content (AvgIpc) is 3.21. The summed E-state index contributed by atoms with van der Waals surface area (Å²) in [5, 5.41) is 10.7. The Morgan fingerprint density at radius 1 is 1.17 bits per heavy atom. The summed E-state index contributed by atoms with van der Waals surface area (Å²) in [6, 6.07) is 11.5. The smallest absolute Gasteiger partial charge is 0.295 e. The van der Waals surface area contributed by atoms with E-state index in [1.165, 1.54) is 11.2 Å². The highest BCUT2D eigenvalue weighted by molar-refractivity contribution is 6.46. The summed E-state index contributed by atoms with van der Waals surface area (Å²) in [6.45, 7) is 2.46. The normalized spacial score (nSPS) is 19.9. The number of carbonyl (C=O) groups is 2. The number of carbonyl (C=O) groups excluding carboxylic acids is 2. The van der Waals surface area contributed by atoms with Gasteiger partial charge in [-0.25, -0.2) is 0 Å². The Bertz CT molecular complexity index is 762. The second-order valence-corrected chi connectivity index (χ2v) is 5.73. The van der Waals surface area contributed by atoms with Crippen molar-refractivity contribution >= 4 is 17.4 Å². The third-order valence-electron chi connectivity index (χ3n) is 4.15. The summed E-state index contributed by atoms with van der Waals surface area (Å²) >= 11 is 0. The number of hydrogen-bond acceptors (Lipinski definition) is 4. The summed E-state index contributed by atoms with van der Waals surface area (Å²) in [4.78, 5) is 26.5. The van der Waals surface area contributed by atoms with E-state index in [1.807, 2.05) is 13.0 Å². The van der Waals surface area contributed by atoms with E-state index < -0.39 is 17.7 Å². The van der Waals surface area contributed by atoms with E-state index >= 15 is 0 Å². The van der Waals surface area contributed by atoms with Crippen LogP contribution >= 0.6 is 0 Å². The maximum absolute atomic E-state index is 12.5. The van der Waals surface area contributed by atoms with Crippen LogP contribution in [0.2, 0.25) is 0 Å². The first-order valence-electron chi connectivity index (χ1n) is 8.02. The first-order valence-corrected chi connectivity index (χ1v) is 8.02. The highest BCUT2D eigenvalue weighted by Gasteiger charge is 2.47. The van der Waals surface area contributed by atoms with Crippen molar-refractivity contribution < 1.29 is 19.1 Å². The molecule has 2 heterocycles. The Kier molecular flexibility index (Phi) is 4.51. The number of aliphatic hydroxyl groups excluding tert-OH is 1. The number of likely N-dealkylation sites (tertiary alicyclic amines) is 1. The maximum atomic E-state index is 12.5. The molecule has 1 atom stereocenters. The zero-order valence-electron chi connectivity index (χ0n) is 13.4. The minimum absolute atomic E-state index is 0.0808. The first kappa shape index (κ1) is 16.1. The van der Waals surface area contributed by atoms with Crippen LogP contribution in [0.25, 0.3) is 5.76 Å². The fourth-order valence-corrected chi connectivity index (χ4v) is 2.93. The topological polar surface area (TPSA) is 70.8 Å². The SMILES string of the molecule is CCCCN1C(=O)C(=O)/C(=C(\O)c2ccccc2)C1c1ccco1. The van der Waals surface area contributed by atoms with Gasteiger partial charge in [-0.1, -0.05) is 43.7 Å². The lowest BCUT2D eigenvalue weighted by molar-refractivity contribution is -0.140. The molecular formula is C19H19NO4. The van der Waals surface area contributed by atoms with E-state index in [0.717, 1.165) is 12.8 Å². The van der Waals surface area contributed by atoms with Gasteiger partial charge < -0.3 is 14.4 Å². The molecule has 124 valence electrons. The number of nitrogens with zero attached hydrogens (tertiary/aromatic N) is 1. The molecule has 0 radical (unpaired) electrons. The fraction of sp³-hybridized carbons (Fsp3) is 0.263. The van der Waals surface area contributed by atoms with Gasteiger partial charge in [-0.2, -0.15) is 0 Å². The zero-order chi connectivity index (χ0) is 17.1. The van der Waals surface area contributed by atoms with Gasteiger partial charge in [0.25, 0.3) is 11.7 Å². The quantitative estimate of drug-likeness (QED) is 0.519. The van der Waals surface area contributed by atoms with Crippen LogP contribution in [0.5, 0.6) is 0 Å². The minimum atomic E-state index is -0.688. The zero-order valence-corrected chi connectivity index (χ0v) is 13.4. The second kappa shape index (κ2) is 6.74. The largest absolute Gasteiger partial charge is 0.507 e. The van der Waals surface area contributed by atoms with Crippen molar-refractivity contribution in [2.45, 2.75) is 25.8 Å². The maximum Gasteiger partial charge on any atom is 0.295 e. The number of furan rings is 1. The number of amides is 1. The highest BCUT2D eigenvalue weighted by atomic mass is 16.3. The van der Waals surface area contributed by atoms with E-state index in [4.69, 9.17) is 4.42 Å². The molecule has 5 heteroatoms. The molecule has 2 aromatic rings. The Morgan fingerprint density at radius 3 is 2.54 bits per heavy atom. The predicted octanol–water partition coefficient (Wildman–Crippen LogP) is 3.50. The fourth-order valence-electron chi connectivity index (χ4n) is 2.93. The van der Waals surface area contributed by atoms with Gasteiger partial charge in [-0.05, 0) is 18.6 Å². The summed E-state index contributed by atoms with van der Waals surface area (Å²) in [5.74, 6) is -0.965. The molecule has 1 unspecified atom stereocenters. The molecule has 0 saturated carbocycles. The third-order valence-corrected chi connectivity index (χ3v) is 4.15. The molecular weight excluding hydrogens is 306 g/mol. The Morgan fingerprint density at radius 2 is 1.92 bits per heavy atom. The summed E-state index contributed by atoms with van der Waals surface area (Å²) < 4.78 is 5.45. The average molecular weight is 325 g/mol. The summed E-state index contributed by atoms with van der Waals surface area (Å²) in [7, 11) is 0. The molecule has 1 aliphatic rings. The highest BCUT2D eigenvalue weighted by Crippen LogP contribution is 2.39. The molecule has 5 nitrogen and oxygen atoms in total. The van der Waals surface area contributed by atoms with E-state index in [9.17, 15) is 14.7 Å². The van der Waals surface area contributed by atoms with Gasteiger partial charge in [0, 0.05) is 12.1 Å². The van der Waals surface area contributed by atoms with Crippen LogP contribution in [-0.2, 0) is 9.59 Å². The minimum Gasteiger partial charge on any atom is -0.507 e. The van der Waals surface area contributed by atoms with Crippen molar-refractivity contribution in [3.63, 3.8) is 0 Å². The molecule has 0 bridgehead atoms. The van der Waals surface area contributed by atoms with Gasteiger partial charge in [-0.3, -0.25) is 9.59 Å². The van der Waals surface area contributed by atoms with Crippen molar-refractivity contribution in [3.05, 3.63) is 65.6 Å². The molecule has 3 rings (SSSR count). The number of rotatable bonds is 5. The molecule has 1 N–H and O–H groups in total. The molecule has 24 heavy (non-hydrogen) atoms. The van der Waals surface area contributed by atoms with Crippen molar-refractivity contribution in [2.24, 2.45) is 0 Å². The Hall–Kier alpha value is -2.82. The lowest BCUT2D eigenvalue weighted by Crippen LogP contribution is -2.30. The van der Waals surface area contributed by atoms with Crippen molar-refractivity contribution in [3.8, 4) is 0 Å². The number of unbranched alkanes of at least 4 members (excludes halogenated alkanes) is 1. The molecule has 0 spiro atoms. The number of benzene rings is 1. The number of ketones is 1. The van der Waals surface area contributed by atoms with Gasteiger partial charge in [0.05, 0.1) is 11.8 Å². The lowest BCUT2D eigenvalue weighted by atomic mass is 9.99. The molecule has 1 aliphatic heterocycles. The van der Waals surface area contributed by atoms with Crippen LogP contribution < -0.4 is 0 Å². The second-order valence-electron chi connectivity index (χ2n) is 5.73. The van der Waals surface area contributed by atoms with Crippen LogP contribution in [0, 0.1) is 0 Å². The molecule has 1 amide bonds. The van der Waals surface area contributed by atoms with Crippen LogP contribution in [0.15, 0.2) is 58.7 Å². The Balaban J connectivity index is 2.12. The van der Waals surface area contributed by atoms with E-state index in [2.05, 4.69) is 0 Å². The summed E-state index contributed by atoms with van der Waals surface area (Å²) in [5.41, 5.74) is 0.583. The van der Waals surface area contributed by atoms with E-state index in [0.29, 0.717) is 17.9 Å². The van der Waals surface area contributed by atoms with Crippen LogP contribution in [0.1, 0.15) is 37.1 Å². The number of hydrogen-bond donors (Lipinski definition) is 1. The van der Waals surface area contributed by atoms with Crippen molar-refractivity contribution in [2.75, 3.05) is 6.54 Å². The first-order chi connectivity index (χ1) is 11.6. The predicted molar refractivity (Wildman–Crippen MR) is 89.1 cm³/mol. The molecule has 1 aromatic heterocycles. The van der Waals surface area contributed by atoms with Gasteiger partial charge in [-0.15, -0.1) is 0 Å². The van der Waals surface area contributed by atoms with Gasteiger partial charge in [0.2, 0.25) is 0 Å². The molecule has 1 aromatic carbocycles. The standard InChI is InChI=1S/C19H19NO4/c1-2-3-11-20-16(14-10-7-12-24-14)15(18(22)19(20)23)17(21)13-8-5-4-6-9-13/h4-10,12,16,21H,2-3,11H2,1H3/b17-15-. The van der Waals surface area contributed by atoms with Gasteiger partial charge in [0.15, 0.2) is 0 Å². The number of Topliss-reactive ketones (excluding diaryl/α,β-unsaturated/α-hetero) is 1. The number of aliphatic hydroxyl groups is 1. The van der Waals surface area contributed by atoms with Crippen molar-refractivity contribution in [1.29, 1.82) is 0 Å². The van der Waals surface area contributed by atoms with Crippen LogP contribution in [0.3, 0.4) is 0 Å². The molecule has 1 saturated heterocycles. The lowest BCUT2D eigenvalue weighted by Gasteiger charge is -2.22. The van der Waals surface area contributed by atoms with Gasteiger partial charge in [0.1, 0.15) is 17.6 Å². The summed E-state index contributed by atoms with van der Waals surface area (Å²) in [6.07, 6.45) is 3.17. The third kappa shape index (κ3) is 2.73. The van der Waals surface area contributed by atoms with Crippen LogP contribution in [-0.4, -0.2) is 28.2 Å². The monoisotopic (exact) mass is 325 g/mol. The van der Waals surface area contributed by atoms with Crippen molar-refractivity contribution in [1.82, 2.24) is 4.90 Å². The van der Waals surface area contributed by atoms with Gasteiger partial charge >= 0.3 is 0 Å². The molecule has 1 fully saturated rings. The van der Waals surface area contributed by atoms with E-state index in [-0.39, 0.29) is 11.3 Å².